The number of aromatic carboxylic acids is 1. The molecule has 0 heterocycles. The van der Waals surface area contributed by atoms with Gasteiger partial charge in [-0.1, -0.05) is 67.6 Å². The van der Waals surface area contributed by atoms with E-state index in [9.17, 15) is 14.4 Å². The van der Waals surface area contributed by atoms with E-state index in [2.05, 4.69) is 34.9 Å². The van der Waals surface area contributed by atoms with Gasteiger partial charge in [-0.15, -0.1) is 0 Å². The van der Waals surface area contributed by atoms with Crippen LogP contribution in [0.2, 0.25) is 0 Å². The van der Waals surface area contributed by atoms with Crippen molar-refractivity contribution >= 4 is 18.0 Å². The molecule has 2 amide bonds. The topological polar surface area (TPSA) is 105 Å². The van der Waals surface area contributed by atoms with E-state index in [4.69, 9.17) is 9.84 Å². The van der Waals surface area contributed by atoms with E-state index >= 15 is 0 Å². The van der Waals surface area contributed by atoms with Crippen LogP contribution in [-0.4, -0.2) is 42.3 Å². The number of ether oxygens (including phenoxy) is 1. The van der Waals surface area contributed by atoms with Crippen LogP contribution in [0.15, 0.2) is 72.8 Å². The van der Waals surface area contributed by atoms with Gasteiger partial charge in [0.15, 0.2) is 0 Å². The molecule has 4 rings (SSSR count). The summed E-state index contributed by atoms with van der Waals surface area (Å²) in [4.78, 5) is 36.0. The predicted octanol–water partition coefficient (Wildman–Crippen LogP) is 4.36. The number of nitrogens with one attached hydrogen (secondary N) is 2. The molecule has 3 aromatic carbocycles. The molecule has 0 unspecified atom stereocenters. The van der Waals surface area contributed by atoms with Crippen LogP contribution in [0.3, 0.4) is 0 Å². The lowest BCUT2D eigenvalue weighted by atomic mass is 9.98. The van der Waals surface area contributed by atoms with Crippen LogP contribution < -0.4 is 10.6 Å². The molecule has 0 radical (unpaired) electrons. The van der Waals surface area contributed by atoms with Gasteiger partial charge in [0.2, 0.25) is 5.91 Å². The summed E-state index contributed by atoms with van der Waals surface area (Å²) in [5, 5.41) is 14.5. The van der Waals surface area contributed by atoms with E-state index in [0.717, 1.165) is 27.8 Å². The summed E-state index contributed by atoms with van der Waals surface area (Å²) in [6.45, 7) is 2.37. The van der Waals surface area contributed by atoms with Crippen LogP contribution in [0.5, 0.6) is 0 Å². The average molecular weight is 473 g/mol. The fourth-order valence-corrected chi connectivity index (χ4v) is 4.40. The van der Waals surface area contributed by atoms with Crippen LogP contribution in [-0.2, 0) is 16.0 Å². The van der Waals surface area contributed by atoms with Crippen LogP contribution >= 0.6 is 0 Å². The normalized spacial score (nSPS) is 12.8. The second-order valence-corrected chi connectivity index (χ2v) is 8.47. The summed E-state index contributed by atoms with van der Waals surface area (Å²) in [5.41, 5.74) is 5.69. The van der Waals surface area contributed by atoms with Gasteiger partial charge in [0.25, 0.3) is 0 Å². The number of carbonyl (C=O) groups excluding carboxylic acids is 2. The lowest BCUT2D eigenvalue weighted by Crippen LogP contribution is -2.47. The molecule has 0 saturated heterocycles. The number of hydrogen-bond acceptors (Lipinski definition) is 4. The molecule has 0 spiro atoms. The Balaban J connectivity index is 1.28. The highest BCUT2D eigenvalue weighted by molar-refractivity contribution is 5.87. The first-order valence-electron chi connectivity index (χ1n) is 11.7. The van der Waals surface area contributed by atoms with E-state index in [1.807, 2.05) is 31.2 Å². The number of carboxylic acids is 1. The van der Waals surface area contributed by atoms with Crippen molar-refractivity contribution in [2.24, 2.45) is 0 Å². The highest BCUT2D eigenvalue weighted by Crippen LogP contribution is 2.44. The number of hydrogen-bond donors (Lipinski definition) is 3. The van der Waals surface area contributed by atoms with Crippen LogP contribution in [0.25, 0.3) is 11.1 Å². The van der Waals surface area contributed by atoms with Gasteiger partial charge in [-0.2, -0.15) is 0 Å². The van der Waals surface area contributed by atoms with Gasteiger partial charge in [0.05, 0.1) is 5.56 Å². The van der Waals surface area contributed by atoms with Gasteiger partial charge in [0, 0.05) is 12.5 Å². The van der Waals surface area contributed by atoms with Crippen molar-refractivity contribution in [2.45, 2.75) is 31.7 Å². The Morgan fingerprint density at radius 2 is 1.51 bits per heavy atom. The fraction of sp³-hybridized carbons (Fsp3) is 0.250. The second kappa shape index (κ2) is 10.9. The molecule has 7 heteroatoms. The van der Waals surface area contributed by atoms with Crippen LogP contribution in [0.4, 0.5) is 4.79 Å². The molecule has 1 atom stereocenters. The van der Waals surface area contributed by atoms with E-state index in [1.165, 1.54) is 12.1 Å². The molecule has 0 bridgehead atoms. The summed E-state index contributed by atoms with van der Waals surface area (Å²) in [5.74, 6) is -1.31. The monoisotopic (exact) mass is 472 g/mol. The predicted molar refractivity (Wildman–Crippen MR) is 132 cm³/mol. The van der Waals surface area contributed by atoms with Crippen molar-refractivity contribution in [3.63, 3.8) is 0 Å². The summed E-state index contributed by atoms with van der Waals surface area (Å²) >= 11 is 0. The van der Waals surface area contributed by atoms with Gasteiger partial charge in [0.1, 0.15) is 12.6 Å². The Hall–Kier alpha value is -4.13. The Morgan fingerprint density at radius 3 is 2.09 bits per heavy atom. The highest BCUT2D eigenvalue weighted by Gasteiger charge is 2.29. The van der Waals surface area contributed by atoms with Crippen molar-refractivity contribution in [3.8, 4) is 11.1 Å². The molecule has 3 aromatic rings. The zero-order valence-electron chi connectivity index (χ0n) is 19.5. The maximum Gasteiger partial charge on any atom is 0.407 e. The molecule has 3 N–H and O–H groups in total. The summed E-state index contributed by atoms with van der Waals surface area (Å²) in [6.07, 6.45) is 0.342. The first-order chi connectivity index (χ1) is 17.0. The third kappa shape index (κ3) is 5.51. The highest BCUT2D eigenvalue weighted by atomic mass is 16.5. The number of alkyl carbamates (subject to hydrolysis) is 1. The van der Waals surface area contributed by atoms with Gasteiger partial charge in [-0.3, -0.25) is 4.79 Å². The van der Waals surface area contributed by atoms with Crippen molar-refractivity contribution in [2.75, 3.05) is 13.2 Å². The van der Waals surface area contributed by atoms with Crippen molar-refractivity contribution < 1.29 is 24.2 Å². The van der Waals surface area contributed by atoms with E-state index < -0.39 is 18.1 Å². The Morgan fingerprint density at radius 1 is 0.914 bits per heavy atom. The van der Waals surface area contributed by atoms with Gasteiger partial charge in [-0.25, -0.2) is 9.59 Å². The SMILES string of the molecule is CC[C@H](NC(=O)OCC1c2ccccc2-c2ccccc21)C(=O)NCCc1ccc(C(=O)O)cc1. The Labute approximate surface area is 204 Å². The summed E-state index contributed by atoms with van der Waals surface area (Å²) in [7, 11) is 0. The molecule has 0 saturated carbocycles. The quantitative estimate of drug-likeness (QED) is 0.429. The van der Waals surface area contributed by atoms with Crippen molar-refractivity contribution in [1.29, 1.82) is 0 Å². The summed E-state index contributed by atoms with van der Waals surface area (Å²) in [6, 6.07) is 22.0. The number of carboxylic acid groups (broad SMARTS) is 1. The van der Waals surface area contributed by atoms with E-state index in [-0.39, 0.29) is 24.0 Å². The minimum Gasteiger partial charge on any atom is -0.478 e. The Bertz CT molecular complexity index is 1180. The fourth-order valence-electron chi connectivity index (χ4n) is 4.40. The standard InChI is InChI=1S/C28H28N2O5/c1-2-25(26(31)29-16-15-18-11-13-19(14-12-18)27(32)33)30-28(34)35-17-24-22-9-5-3-7-20(22)21-8-4-6-10-23(21)24/h3-14,24-25H,2,15-17H2,1H3,(H,29,31)(H,30,34)(H,32,33)/t25-/m0/s1. The number of fused-ring (bicyclic) bond motifs is 3. The minimum absolute atomic E-state index is 0.0467. The second-order valence-electron chi connectivity index (χ2n) is 8.47. The van der Waals surface area contributed by atoms with Crippen LogP contribution in [0, 0.1) is 0 Å². The molecule has 0 fully saturated rings. The maximum atomic E-state index is 12.6. The lowest BCUT2D eigenvalue weighted by molar-refractivity contribution is -0.123. The molecular formula is C28H28N2O5. The van der Waals surface area contributed by atoms with Gasteiger partial charge in [-0.05, 0) is 52.8 Å². The number of rotatable bonds is 9. The molecule has 1 aliphatic rings. The zero-order valence-corrected chi connectivity index (χ0v) is 19.5. The number of benzene rings is 3. The molecule has 35 heavy (non-hydrogen) atoms. The average Bonchev–Trinajstić information content (AvgIpc) is 3.20. The first kappa shape index (κ1) is 24.0. The number of carbonyl (C=O) groups is 3. The zero-order chi connectivity index (χ0) is 24.8. The number of amides is 2. The third-order valence-electron chi connectivity index (χ3n) is 6.27. The molecule has 0 aromatic heterocycles. The third-order valence-corrected chi connectivity index (χ3v) is 6.27. The molecule has 7 nitrogen and oxygen atoms in total. The largest absolute Gasteiger partial charge is 0.478 e. The van der Waals surface area contributed by atoms with E-state index in [0.29, 0.717) is 19.4 Å². The lowest BCUT2D eigenvalue weighted by Gasteiger charge is -2.18. The van der Waals surface area contributed by atoms with Gasteiger partial charge >= 0.3 is 12.1 Å². The maximum absolute atomic E-state index is 12.6. The molecule has 180 valence electrons. The van der Waals surface area contributed by atoms with Gasteiger partial charge < -0.3 is 20.5 Å². The molecule has 0 aliphatic heterocycles. The summed E-state index contributed by atoms with van der Waals surface area (Å²) < 4.78 is 5.55. The van der Waals surface area contributed by atoms with E-state index in [1.54, 1.807) is 12.1 Å². The first-order valence-corrected chi connectivity index (χ1v) is 11.7. The molecular weight excluding hydrogens is 444 g/mol. The minimum atomic E-state index is -0.977. The van der Waals surface area contributed by atoms with Crippen molar-refractivity contribution in [1.82, 2.24) is 10.6 Å². The molecule has 1 aliphatic carbocycles. The van der Waals surface area contributed by atoms with Crippen molar-refractivity contribution in [3.05, 3.63) is 95.1 Å². The smallest absolute Gasteiger partial charge is 0.407 e. The Kier molecular flexibility index (Phi) is 7.45. The van der Waals surface area contributed by atoms with Crippen LogP contribution in [0.1, 0.15) is 46.3 Å².